The number of benzene rings is 2. The van der Waals surface area contributed by atoms with Crippen molar-refractivity contribution in [3.05, 3.63) is 60.2 Å². The summed E-state index contributed by atoms with van der Waals surface area (Å²) in [4.78, 5) is 1.67. The van der Waals surface area contributed by atoms with Gasteiger partial charge in [-0.3, -0.25) is 0 Å². The lowest BCUT2D eigenvalue weighted by Crippen LogP contribution is -1.92. The van der Waals surface area contributed by atoms with Crippen molar-refractivity contribution in [2.75, 3.05) is 0 Å². The van der Waals surface area contributed by atoms with Crippen molar-refractivity contribution < 1.29 is 8.78 Å². The number of thioether (sulfide) groups is 2. The van der Waals surface area contributed by atoms with Gasteiger partial charge in [-0.1, -0.05) is 23.5 Å². The van der Waals surface area contributed by atoms with Crippen LogP contribution in [0.3, 0.4) is 0 Å². The summed E-state index contributed by atoms with van der Waals surface area (Å²) in [5.41, 5.74) is 0. The number of rotatable bonds is 2. The molecule has 0 saturated heterocycles. The molecule has 0 bridgehead atoms. The predicted molar refractivity (Wildman–Crippen MR) is 76.1 cm³/mol. The van der Waals surface area contributed by atoms with Crippen LogP contribution in [-0.4, -0.2) is 4.38 Å². The average Bonchev–Trinajstić information content (AvgIpc) is 2.43. The van der Waals surface area contributed by atoms with E-state index in [4.69, 9.17) is 5.84 Å². The fourth-order valence-corrected chi connectivity index (χ4v) is 3.08. The Morgan fingerprint density at radius 3 is 1.47 bits per heavy atom. The van der Waals surface area contributed by atoms with E-state index in [1.807, 2.05) is 0 Å². The molecule has 0 radical (unpaired) electrons. The van der Waals surface area contributed by atoms with Crippen LogP contribution in [0.5, 0.6) is 0 Å². The maximum atomic E-state index is 12.8. The van der Waals surface area contributed by atoms with Crippen molar-refractivity contribution >= 4 is 27.9 Å². The van der Waals surface area contributed by atoms with Crippen molar-refractivity contribution in [3.8, 4) is 0 Å². The van der Waals surface area contributed by atoms with Crippen LogP contribution in [0.15, 0.2) is 63.4 Å². The molecule has 0 aliphatic carbocycles. The standard InChI is InChI=1S/C13H10F2N2S2/c14-9-1-5-11(6-2-9)18-13(17-16)19-12-7-3-10(15)4-8-12/h1-8H,16H2. The quantitative estimate of drug-likeness (QED) is 0.298. The summed E-state index contributed by atoms with van der Waals surface area (Å²) in [6, 6.07) is 12.1. The Bertz CT molecular complexity index is 519. The Balaban J connectivity index is 2.05. The van der Waals surface area contributed by atoms with Crippen LogP contribution < -0.4 is 5.84 Å². The van der Waals surface area contributed by atoms with Crippen LogP contribution in [-0.2, 0) is 0 Å². The molecule has 2 aromatic carbocycles. The highest BCUT2D eigenvalue weighted by molar-refractivity contribution is 8.38. The van der Waals surface area contributed by atoms with Crippen molar-refractivity contribution in [1.29, 1.82) is 0 Å². The number of hydrogen-bond donors (Lipinski definition) is 1. The maximum absolute atomic E-state index is 12.8. The highest BCUT2D eigenvalue weighted by Crippen LogP contribution is 2.30. The van der Waals surface area contributed by atoms with E-state index < -0.39 is 0 Å². The smallest absolute Gasteiger partial charge is 0.159 e. The van der Waals surface area contributed by atoms with Gasteiger partial charge < -0.3 is 5.84 Å². The zero-order valence-electron chi connectivity index (χ0n) is 9.72. The van der Waals surface area contributed by atoms with Crippen molar-refractivity contribution in [2.45, 2.75) is 9.79 Å². The van der Waals surface area contributed by atoms with Crippen LogP contribution in [0.25, 0.3) is 0 Å². The molecule has 0 aromatic heterocycles. The monoisotopic (exact) mass is 296 g/mol. The highest BCUT2D eigenvalue weighted by atomic mass is 32.2. The Morgan fingerprint density at radius 1 is 0.789 bits per heavy atom. The normalized spacial score (nSPS) is 10.2. The average molecular weight is 296 g/mol. The summed E-state index contributed by atoms with van der Waals surface area (Å²) in [5.74, 6) is 4.75. The van der Waals surface area contributed by atoms with Crippen LogP contribution in [0.1, 0.15) is 0 Å². The molecule has 6 heteroatoms. The molecular formula is C13H10F2N2S2. The summed E-state index contributed by atoms with van der Waals surface area (Å²) in [6.07, 6.45) is 0. The summed E-state index contributed by atoms with van der Waals surface area (Å²) in [5, 5.41) is 3.68. The SMILES string of the molecule is NN=C(Sc1ccc(F)cc1)Sc1ccc(F)cc1. The third-order valence-electron chi connectivity index (χ3n) is 2.14. The molecule has 0 heterocycles. The van der Waals surface area contributed by atoms with E-state index in [1.165, 1.54) is 47.8 Å². The number of hydrazone groups is 1. The zero-order chi connectivity index (χ0) is 13.7. The van der Waals surface area contributed by atoms with Crippen molar-refractivity contribution in [2.24, 2.45) is 10.9 Å². The first-order chi connectivity index (χ1) is 9.17. The van der Waals surface area contributed by atoms with E-state index in [0.29, 0.717) is 4.38 Å². The van der Waals surface area contributed by atoms with Gasteiger partial charge in [0.1, 0.15) is 11.6 Å². The Labute approximate surface area is 118 Å². The largest absolute Gasteiger partial charge is 0.322 e. The summed E-state index contributed by atoms with van der Waals surface area (Å²) in [6.45, 7) is 0. The van der Waals surface area contributed by atoms with Gasteiger partial charge in [-0.25, -0.2) is 8.78 Å². The van der Waals surface area contributed by atoms with Crippen molar-refractivity contribution in [3.63, 3.8) is 0 Å². The summed E-state index contributed by atoms with van der Waals surface area (Å²) >= 11 is 2.65. The lowest BCUT2D eigenvalue weighted by molar-refractivity contribution is 0.626. The number of nitrogens with zero attached hydrogens (tertiary/aromatic N) is 1. The van der Waals surface area contributed by atoms with Gasteiger partial charge >= 0.3 is 0 Å². The van der Waals surface area contributed by atoms with Gasteiger partial charge in [0.25, 0.3) is 0 Å². The summed E-state index contributed by atoms with van der Waals surface area (Å²) in [7, 11) is 0. The molecule has 0 atom stereocenters. The van der Waals surface area contributed by atoms with Crippen LogP contribution in [0.2, 0.25) is 0 Å². The van der Waals surface area contributed by atoms with Gasteiger partial charge in [0.2, 0.25) is 0 Å². The molecule has 0 spiro atoms. The molecule has 19 heavy (non-hydrogen) atoms. The molecular weight excluding hydrogens is 286 g/mol. The number of hydrogen-bond acceptors (Lipinski definition) is 4. The molecule has 2 aromatic rings. The lowest BCUT2D eigenvalue weighted by Gasteiger charge is -2.04. The first-order valence-electron chi connectivity index (χ1n) is 5.32. The molecule has 0 aliphatic rings. The van der Waals surface area contributed by atoms with Gasteiger partial charge in [0.05, 0.1) is 0 Å². The topological polar surface area (TPSA) is 38.4 Å². The minimum absolute atomic E-state index is 0.290. The van der Waals surface area contributed by atoms with Gasteiger partial charge in [-0.2, -0.15) is 5.10 Å². The van der Waals surface area contributed by atoms with Crippen molar-refractivity contribution in [1.82, 2.24) is 0 Å². The van der Waals surface area contributed by atoms with Gasteiger partial charge in [0, 0.05) is 9.79 Å². The number of nitrogens with two attached hydrogens (primary N) is 1. The second-order valence-corrected chi connectivity index (χ2v) is 5.89. The molecule has 0 fully saturated rings. The minimum atomic E-state index is -0.290. The van der Waals surface area contributed by atoms with Crippen LogP contribution >= 0.6 is 23.5 Å². The first-order valence-corrected chi connectivity index (χ1v) is 6.95. The predicted octanol–water partition coefficient (Wildman–Crippen LogP) is 4.08. The second kappa shape index (κ2) is 6.58. The lowest BCUT2D eigenvalue weighted by atomic mass is 10.4. The van der Waals surface area contributed by atoms with E-state index in [9.17, 15) is 8.78 Å². The number of halogens is 2. The van der Waals surface area contributed by atoms with E-state index >= 15 is 0 Å². The summed E-state index contributed by atoms with van der Waals surface area (Å²) < 4.78 is 26.2. The second-order valence-electron chi connectivity index (χ2n) is 3.51. The molecule has 0 saturated carbocycles. The van der Waals surface area contributed by atoms with Crippen LogP contribution in [0.4, 0.5) is 8.78 Å². The zero-order valence-corrected chi connectivity index (χ0v) is 11.3. The van der Waals surface area contributed by atoms with Gasteiger partial charge in [-0.05, 0) is 48.5 Å². The van der Waals surface area contributed by atoms with Crippen LogP contribution in [0, 0.1) is 11.6 Å². The fourth-order valence-electron chi connectivity index (χ4n) is 1.28. The Hall–Kier alpha value is -1.53. The molecule has 0 unspecified atom stereocenters. The molecule has 0 aliphatic heterocycles. The molecule has 0 amide bonds. The van der Waals surface area contributed by atoms with E-state index in [-0.39, 0.29) is 11.6 Å². The third-order valence-corrected chi connectivity index (χ3v) is 4.22. The first kappa shape index (κ1) is 13.9. The van der Waals surface area contributed by atoms with E-state index in [0.717, 1.165) is 9.79 Å². The minimum Gasteiger partial charge on any atom is -0.322 e. The highest BCUT2D eigenvalue weighted by Gasteiger charge is 2.06. The Kier molecular flexibility index (Phi) is 4.81. The molecule has 2 N–H and O–H groups in total. The van der Waals surface area contributed by atoms with Gasteiger partial charge in [-0.15, -0.1) is 0 Å². The Morgan fingerprint density at radius 2 is 1.16 bits per heavy atom. The maximum Gasteiger partial charge on any atom is 0.159 e. The fraction of sp³-hybridized carbons (Fsp3) is 0. The van der Waals surface area contributed by atoms with E-state index in [1.54, 1.807) is 24.3 Å². The molecule has 2 rings (SSSR count). The van der Waals surface area contributed by atoms with Gasteiger partial charge in [0.15, 0.2) is 4.38 Å². The third kappa shape index (κ3) is 4.25. The molecule has 2 nitrogen and oxygen atoms in total. The van der Waals surface area contributed by atoms with E-state index in [2.05, 4.69) is 5.10 Å². The molecule has 98 valence electrons.